The summed E-state index contributed by atoms with van der Waals surface area (Å²) in [5, 5.41) is 10.1. The average molecular weight is 323 g/mol. The van der Waals surface area contributed by atoms with Gasteiger partial charge in [0.2, 0.25) is 5.82 Å². The SMILES string of the molecule is Cc1ccc(C(O)c2c(F)c(F)c(F)c(F)c2F)cc1Cl. The zero-order valence-electron chi connectivity index (χ0n) is 10.5. The molecule has 112 valence electrons. The van der Waals surface area contributed by atoms with E-state index in [4.69, 9.17) is 11.6 Å². The minimum absolute atomic E-state index is 0.0891. The van der Waals surface area contributed by atoms with E-state index in [0.717, 1.165) is 0 Å². The number of rotatable bonds is 2. The van der Waals surface area contributed by atoms with Gasteiger partial charge in [0.25, 0.3) is 0 Å². The van der Waals surface area contributed by atoms with Crippen molar-refractivity contribution < 1.29 is 27.1 Å². The van der Waals surface area contributed by atoms with Crippen LogP contribution in [0.2, 0.25) is 5.02 Å². The molecule has 2 aromatic rings. The summed E-state index contributed by atoms with van der Waals surface area (Å²) in [6.07, 6.45) is -2.03. The second kappa shape index (κ2) is 5.61. The Balaban J connectivity index is 2.63. The molecular formula is C14H8ClF5O. The number of aryl methyl sites for hydroxylation is 1. The van der Waals surface area contributed by atoms with Gasteiger partial charge in [-0.1, -0.05) is 23.7 Å². The molecule has 0 aliphatic heterocycles. The fourth-order valence-corrected chi connectivity index (χ4v) is 2.00. The van der Waals surface area contributed by atoms with Crippen LogP contribution in [0.4, 0.5) is 22.0 Å². The largest absolute Gasteiger partial charge is 0.383 e. The number of halogens is 6. The van der Waals surface area contributed by atoms with E-state index in [1.54, 1.807) is 6.92 Å². The molecule has 1 unspecified atom stereocenters. The molecule has 0 aromatic heterocycles. The van der Waals surface area contributed by atoms with Crippen LogP contribution in [0.1, 0.15) is 22.8 Å². The molecule has 0 aliphatic rings. The topological polar surface area (TPSA) is 20.2 Å². The van der Waals surface area contributed by atoms with Crippen LogP contribution in [0.15, 0.2) is 18.2 Å². The molecule has 0 fully saturated rings. The monoisotopic (exact) mass is 322 g/mol. The molecule has 0 aliphatic carbocycles. The summed E-state index contributed by atoms with van der Waals surface area (Å²) in [4.78, 5) is 0. The lowest BCUT2D eigenvalue weighted by Crippen LogP contribution is -2.12. The van der Waals surface area contributed by atoms with Crippen molar-refractivity contribution in [2.75, 3.05) is 0 Å². The van der Waals surface area contributed by atoms with Gasteiger partial charge in [-0.05, 0) is 24.1 Å². The van der Waals surface area contributed by atoms with Gasteiger partial charge in [0, 0.05) is 5.02 Å². The Hall–Kier alpha value is -1.66. The van der Waals surface area contributed by atoms with Crippen molar-refractivity contribution in [3.63, 3.8) is 0 Å². The Kier molecular flexibility index (Phi) is 4.20. The van der Waals surface area contributed by atoms with Gasteiger partial charge in [-0.3, -0.25) is 0 Å². The molecule has 0 radical (unpaired) electrons. The van der Waals surface area contributed by atoms with Crippen LogP contribution in [0.25, 0.3) is 0 Å². The van der Waals surface area contributed by atoms with Gasteiger partial charge in [-0.25, -0.2) is 22.0 Å². The summed E-state index contributed by atoms with van der Waals surface area (Å²) >= 11 is 5.81. The van der Waals surface area contributed by atoms with Gasteiger partial charge < -0.3 is 5.11 Å². The number of aliphatic hydroxyl groups excluding tert-OH is 1. The van der Waals surface area contributed by atoms with Crippen molar-refractivity contribution in [2.24, 2.45) is 0 Å². The van der Waals surface area contributed by atoms with Gasteiger partial charge in [0.15, 0.2) is 23.3 Å². The van der Waals surface area contributed by atoms with Crippen LogP contribution in [-0.4, -0.2) is 5.11 Å². The van der Waals surface area contributed by atoms with Gasteiger partial charge in [-0.15, -0.1) is 0 Å². The predicted molar refractivity (Wildman–Crippen MR) is 66.5 cm³/mol. The van der Waals surface area contributed by atoms with Gasteiger partial charge in [0.1, 0.15) is 6.10 Å². The lowest BCUT2D eigenvalue weighted by Gasteiger charge is -2.15. The van der Waals surface area contributed by atoms with E-state index < -0.39 is 40.8 Å². The Morgan fingerprint density at radius 1 is 0.905 bits per heavy atom. The number of hydrogen-bond donors (Lipinski definition) is 1. The molecule has 2 aromatic carbocycles. The Labute approximate surface area is 121 Å². The number of aliphatic hydroxyl groups is 1. The molecule has 0 saturated carbocycles. The molecule has 1 nitrogen and oxygen atoms in total. The van der Waals surface area contributed by atoms with Crippen LogP contribution < -0.4 is 0 Å². The lowest BCUT2D eigenvalue weighted by molar-refractivity contribution is 0.202. The fourth-order valence-electron chi connectivity index (χ4n) is 1.81. The molecule has 2 rings (SSSR count). The maximum atomic E-state index is 13.6. The molecular weight excluding hydrogens is 315 g/mol. The maximum absolute atomic E-state index is 13.6. The highest BCUT2D eigenvalue weighted by Crippen LogP contribution is 2.32. The van der Waals surface area contributed by atoms with Crippen LogP contribution in [0, 0.1) is 36.0 Å². The number of hydrogen-bond acceptors (Lipinski definition) is 1. The van der Waals surface area contributed by atoms with Crippen molar-refractivity contribution in [2.45, 2.75) is 13.0 Å². The third-order valence-electron chi connectivity index (χ3n) is 3.03. The second-order valence-electron chi connectivity index (χ2n) is 4.39. The van der Waals surface area contributed by atoms with Crippen LogP contribution >= 0.6 is 11.6 Å². The molecule has 7 heteroatoms. The number of benzene rings is 2. The van der Waals surface area contributed by atoms with Crippen LogP contribution in [0.3, 0.4) is 0 Å². The molecule has 0 saturated heterocycles. The second-order valence-corrected chi connectivity index (χ2v) is 4.80. The van der Waals surface area contributed by atoms with Crippen molar-refractivity contribution in [1.29, 1.82) is 0 Å². The highest BCUT2D eigenvalue weighted by Gasteiger charge is 2.30. The van der Waals surface area contributed by atoms with Crippen molar-refractivity contribution in [3.8, 4) is 0 Å². The van der Waals surface area contributed by atoms with Crippen molar-refractivity contribution in [1.82, 2.24) is 0 Å². The Morgan fingerprint density at radius 3 is 1.86 bits per heavy atom. The summed E-state index contributed by atoms with van der Waals surface area (Å²) in [5.74, 6) is -10.6. The minimum atomic E-state index is -2.28. The normalized spacial score (nSPS) is 12.6. The molecule has 0 amide bonds. The van der Waals surface area contributed by atoms with E-state index >= 15 is 0 Å². The third kappa shape index (κ3) is 2.61. The summed E-state index contributed by atoms with van der Waals surface area (Å²) in [6, 6.07) is 3.93. The van der Waals surface area contributed by atoms with Gasteiger partial charge in [-0.2, -0.15) is 0 Å². The highest BCUT2D eigenvalue weighted by molar-refractivity contribution is 6.31. The summed E-state index contributed by atoms with van der Waals surface area (Å²) in [7, 11) is 0. The van der Waals surface area contributed by atoms with Crippen molar-refractivity contribution in [3.05, 3.63) is 69.0 Å². The maximum Gasteiger partial charge on any atom is 0.200 e. The zero-order valence-corrected chi connectivity index (χ0v) is 11.3. The quantitative estimate of drug-likeness (QED) is 0.493. The Morgan fingerprint density at radius 2 is 1.38 bits per heavy atom. The average Bonchev–Trinajstić information content (AvgIpc) is 2.46. The first-order valence-corrected chi connectivity index (χ1v) is 6.09. The summed E-state index contributed by atoms with van der Waals surface area (Å²) in [6.45, 7) is 1.65. The van der Waals surface area contributed by atoms with Gasteiger partial charge >= 0.3 is 0 Å². The van der Waals surface area contributed by atoms with Crippen LogP contribution in [0.5, 0.6) is 0 Å². The molecule has 1 atom stereocenters. The first-order valence-electron chi connectivity index (χ1n) is 5.71. The molecule has 21 heavy (non-hydrogen) atoms. The van der Waals surface area contributed by atoms with E-state index in [1.807, 2.05) is 0 Å². The van der Waals surface area contributed by atoms with E-state index in [9.17, 15) is 27.1 Å². The first kappa shape index (κ1) is 15.7. The van der Waals surface area contributed by atoms with Gasteiger partial charge in [0.05, 0.1) is 5.56 Å². The first-order chi connectivity index (χ1) is 9.75. The van der Waals surface area contributed by atoms with E-state index in [-0.39, 0.29) is 10.6 Å². The highest BCUT2D eigenvalue weighted by atomic mass is 35.5. The standard InChI is InChI=1S/C14H8ClF5O/c1-5-2-3-6(4-7(5)15)14(21)8-9(16)11(18)13(20)12(19)10(8)17/h2-4,14,21H,1H3. The molecule has 0 spiro atoms. The fraction of sp³-hybridized carbons (Fsp3) is 0.143. The smallest absolute Gasteiger partial charge is 0.200 e. The lowest BCUT2D eigenvalue weighted by atomic mass is 9.99. The third-order valence-corrected chi connectivity index (χ3v) is 3.44. The molecule has 1 N–H and O–H groups in total. The Bertz CT molecular complexity index is 688. The zero-order chi connectivity index (χ0) is 15.9. The van der Waals surface area contributed by atoms with E-state index in [1.165, 1.54) is 18.2 Å². The van der Waals surface area contributed by atoms with E-state index in [0.29, 0.717) is 5.56 Å². The minimum Gasteiger partial charge on any atom is -0.383 e. The predicted octanol–water partition coefficient (Wildman–Crippen LogP) is 4.43. The summed E-state index contributed by atoms with van der Waals surface area (Å²) in [5.41, 5.74) is -0.773. The molecule has 0 heterocycles. The summed E-state index contributed by atoms with van der Waals surface area (Å²) < 4.78 is 66.4. The van der Waals surface area contributed by atoms with Crippen LogP contribution in [-0.2, 0) is 0 Å². The molecule has 0 bridgehead atoms. The van der Waals surface area contributed by atoms with E-state index in [2.05, 4.69) is 0 Å². The van der Waals surface area contributed by atoms with Crippen molar-refractivity contribution >= 4 is 11.6 Å².